The van der Waals surface area contributed by atoms with Gasteiger partial charge in [-0.05, 0) is 30.4 Å². The highest BCUT2D eigenvalue weighted by Gasteiger charge is 2.28. The minimum Gasteiger partial charge on any atom is -0.352 e. The molecule has 20 heavy (non-hydrogen) atoms. The Morgan fingerprint density at radius 3 is 2.40 bits per heavy atom. The Morgan fingerprint density at radius 2 is 1.90 bits per heavy atom. The van der Waals surface area contributed by atoms with Crippen LogP contribution in [0, 0.1) is 5.41 Å². The molecule has 3 nitrogen and oxygen atoms in total. The van der Waals surface area contributed by atoms with Crippen LogP contribution in [-0.2, 0) is 11.2 Å². The van der Waals surface area contributed by atoms with Crippen molar-refractivity contribution in [3.63, 3.8) is 0 Å². The van der Waals surface area contributed by atoms with Crippen molar-refractivity contribution < 1.29 is 4.79 Å². The van der Waals surface area contributed by atoms with E-state index in [1.165, 1.54) is 5.56 Å². The number of hydrogen-bond donors (Lipinski definition) is 2. The summed E-state index contributed by atoms with van der Waals surface area (Å²) in [5, 5.41) is 2.98. The second kappa shape index (κ2) is 8.01. The normalized spacial score (nSPS) is 14.1. The maximum atomic E-state index is 12.0. The Bertz CT molecular complexity index is 446. The highest BCUT2D eigenvalue weighted by Crippen LogP contribution is 2.19. The molecule has 1 aromatic rings. The Labute approximate surface area is 136 Å². The molecule has 1 unspecified atom stereocenters. The maximum absolute atomic E-state index is 12.0. The van der Waals surface area contributed by atoms with Crippen LogP contribution < -0.4 is 11.1 Å². The van der Waals surface area contributed by atoms with Gasteiger partial charge in [0.1, 0.15) is 0 Å². The molecule has 1 aromatic carbocycles. The van der Waals surface area contributed by atoms with Crippen LogP contribution in [-0.4, -0.2) is 18.0 Å². The lowest BCUT2D eigenvalue weighted by Gasteiger charge is -2.27. The number of rotatable bonds is 4. The SMILES string of the molecule is CC(Cc1ccccc1Br)NC(=O)[C@@H](N)C(C)(C)C.Cl. The first-order valence-electron chi connectivity index (χ1n) is 6.51. The van der Waals surface area contributed by atoms with Crippen molar-refractivity contribution in [2.24, 2.45) is 11.1 Å². The largest absolute Gasteiger partial charge is 0.352 e. The lowest BCUT2D eigenvalue weighted by Crippen LogP contribution is -2.51. The van der Waals surface area contributed by atoms with Crippen LogP contribution in [0.2, 0.25) is 0 Å². The number of halogens is 2. The van der Waals surface area contributed by atoms with E-state index in [4.69, 9.17) is 5.73 Å². The molecule has 0 aromatic heterocycles. The van der Waals surface area contributed by atoms with Crippen molar-refractivity contribution in [3.05, 3.63) is 34.3 Å². The molecule has 0 aliphatic carbocycles. The lowest BCUT2D eigenvalue weighted by molar-refractivity contribution is -0.125. The highest BCUT2D eigenvalue weighted by molar-refractivity contribution is 9.10. The molecule has 0 aliphatic rings. The Morgan fingerprint density at radius 1 is 1.35 bits per heavy atom. The zero-order chi connectivity index (χ0) is 14.6. The van der Waals surface area contributed by atoms with E-state index in [2.05, 4.69) is 27.3 Å². The van der Waals surface area contributed by atoms with Crippen LogP contribution in [0.5, 0.6) is 0 Å². The van der Waals surface area contributed by atoms with Gasteiger partial charge in [-0.3, -0.25) is 4.79 Å². The van der Waals surface area contributed by atoms with Gasteiger partial charge in [-0.15, -0.1) is 12.4 Å². The molecular formula is C15H24BrClN2O. The maximum Gasteiger partial charge on any atom is 0.237 e. The van der Waals surface area contributed by atoms with Crippen LogP contribution in [0.1, 0.15) is 33.3 Å². The van der Waals surface area contributed by atoms with Gasteiger partial charge in [0, 0.05) is 10.5 Å². The van der Waals surface area contributed by atoms with Crippen LogP contribution >= 0.6 is 28.3 Å². The van der Waals surface area contributed by atoms with Crippen molar-refractivity contribution in [1.29, 1.82) is 0 Å². The molecule has 114 valence electrons. The van der Waals surface area contributed by atoms with Gasteiger partial charge in [0.05, 0.1) is 6.04 Å². The predicted octanol–water partition coefficient (Wildman–Crippen LogP) is 3.29. The molecular weight excluding hydrogens is 340 g/mol. The summed E-state index contributed by atoms with van der Waals surface area (Å²) in [6.07, 6.45) is 0.782. The molecule has 5 heteroatoms. The molecule has 0 aliphatic heterocycles. The second-order valence-corrected chi connectivity index (χ2v) is 6.90. The minimum absolute atomic E-state index is 0. The summed E-state index contributed by atoms with van der Waals surface area (Å²) in [5.41, 5.74) is 6.90. The van der Waals surface area contributed by atoms with E-state index in [-0.39, 0.29) is 29.8 Å². The van der Waals surface area contributed by atoms with Crippen molar-refractivity contribution in [2.75, 3.05) is 0 Å². The molecule has 0 spiro atoms. The quantitative estimate of drug-likeness (QED) is 0.862. The van der Waals surface area contributed by atoms with E-state index in [0.29, 0.717) is 0 Å². The molecule has 0 fully saturated rings. The van der Waals surface area contributed by atoms with Gasteiger partial charge in [-0.2, -0.15) is 0 Å². The Balaban J connectivity index is 0.00000361. The van der Waals surface area contributed by atoms with Crippen molar-refractivity contribution in [1.82, 2.24) is 5.32 Å². The molecule has 2 atom stereocenters. The standard InChI is InChI=1S/C15H23BrN2O.ClH/c1-10(9-11-7-5-6-8-12(11)16)18-14(19)13(17)15(2,3)4;/h5-8,10,13H,9,17H2,1-4H3,(H,18,19);1H/t10?,13-;/m1./s1. The summed E-state index contributed by atoms with van der Waals surface area (Å²) >= 11 is 3.51. The van der Waals surface area contributed by atoms with Crippen molar-refractivity contribution in [2.45, 2.75) is 46.2 Å². The fourth-order valence-corrected chi connectivity index (χ4v) is 2.22. The van der Waals surface area contributed by atoms with Gasteiger partial charge in [0.15, 0.2) is 0 Å². The van der Waals surface area contributed by atoms with E-state index < -0.39 is 6.04 Å². The van der Waals surface area contributed by atoms with Gasteiger partial charge in [-0.25, -0.2) is 0 Å². The molecule has 1 rings (SSSR count). The van der Waals surface area contributed by atoms with E-state index in [1.807, 2.05) is 45.9 Å². The number of nitrogens with one attached hydrogen (secondary N) is 1. The summed E-state index contributed by atoms with van der Waals surface area (Å²) in [4.78, 5) is 12.0. The zero-order valence-corrected chi connectivity index (χ0v) is 14.8. The monoisotopic (exact) mass is 362 g/mol. The first kappa shape index (κ1) is 19.4. The van der Waals surface area contributed by atoms with E-state index >= 15 is 0 Å². The minimum atomic E-state index is -0.492. The van der Waals surface area contributed by atoms with Gasteiger partial charge in [0.2, 0.25) is 5.91 Å². The summed E-state index contributed by atoms with van der Waals surface area (Å²) in [5.74, 6) is -0.0907. The van der Waals surface area contributed by atoms with Gasteiger partial charge >= 0.3 is 0 Å². The topological polar surface area (TPSA) is 55.1 Å². The third-order valence-electron chi connectivity index (χ3n) is 3.09. The third-order valence-corrected chi connectivity index (χ3v) is 3.86. The fourth-order valence-electron chi connectivity index (χ4n) is 1.77. The summed E-state index contributed by atoms with van der Waals surface area (Å²) in [6.45, 7) is 7.90. The van der Waals surface area contributed by atoms with E-state index in [0.717, 1.165) is 10.9 Å². The van der Waals surface area contributed by atoms with E-state index in [1.54, 1.807) is 0 Å². The predicted molar refractivity (Wildman–Crippen MR) is 90.1 cm³/mol. The van der Waals surface area contributed by atoms with Crippen molar-refractivity contribution in [3.8, 4) is 0 Å². The van der Waals surface area contributed by atoms with Gasteiger partial charge < -0.3 is 11.1 Å². The lowest BCUT2D eigenvalue weighted by atomic mass is 9.87. The van der Waals surface area contributed by atoms with Crippen LogP contribution in [0.25, 0.3) is 0 Å². The number of hydrogen-bond acceptors (Lipinski definition) is 2. The van der Waals surface area contributed by atoms with Crippen LogP contribution in [0.3, 0.4) is 0 Å². The number of carbonyl (C=O) groups is 1. The summed E-state index contributed by atoms with van der Waals surface area (Å²) in [7, 11) is 0. The number of nitrogens with two attached hydrogens (primary N) is 1. The molecule has 3 N–H and O–H groups in total. The molecule has 0 radical (unpaired) electrons. The van der Waals surface area contributed by atoms with Crippen molar-refractivity contribution >= 4 is 34.2 Å². The molecule has 0 heterocycles. The number of benzene rings is 1. The zero-order valence-electron chi connectivity index (χ0n) is 12.4. The fraction of sp³-hybridized carbons (Fsp3) is 0.533. The van der Waals surface area contributed by atoms with Crippen LogP contribution in [0.15, 0.2) is 28.7 Å². The van der Waals surface area contributed by atoms with Crippen LogP contribution in [0.4, 0.5) is 0 Å². The smallest absolute Gasteiger partial charge is 0.237 e. The molecule has 0 saturated heterocycles. The Kier molecular flexibility index (Phi) is 7.78. The molecule has 1 amide bonds. The van der Waals surface area contributed by atoms with Gasteiger partial charge in [0.25, 0.3) is 0 Å². The highest BCUT2D eigenvalue weighted by atomic mass is 79.9. The number of amides is 1. The third kappa shape index (κ3) is 5.81. The average molecular weight is 364 g/mol. The van der Waals surface area contributed by atoms with Gasteiger partial charge in [-0.1, -0.05) is 54.9 Å². The first-order valence-corrected chi connectivity index (χ1v) is 7.30. The molecule has 0 bridgehead atoms. The average Bonchev–Trinajstić information content (AvgIpc) is 2.29. The summed E-state index contributed by atoms with van der Waals surface area (Å²) < 4.78 is 1.07. The van der Waals surface area contributed by atoms with E-state index in [9.17, 15) is 4.79 Å². The first-order chi connectivity index (χ1) is 8.71. The Hall–Kier alpha value is -0.580. The summed E-state index contributed by atoms with van der Waals surface area (Å²) in [6, 6.07) is 7.59. The molecule has 0 saturated carbocycles. The number of carbonyl (C=O) groups excluding carboxylic acids is 1. The second-order valence-electron chi connectivity index (χ2n) is 6.05.